The molecule has 1 saturated carbocycles. The summed E-state index contributed by atoms with van der Waals surface area (Å²) in [4.78, 5) is 25.5. The summed E-state index contributed by atoms with van der Waals surface area (Å²) in [5.74, 6) is -1.50. The molecular weight excluding hydrogens is 313 g/mol. The molecule has 24 heavy (non-hydrogen) atoms. The van der Waals surface area contributed by atoms with Crippen molar-refractivity contribution in [3.8, 4) is 0 Å². The standard InChI is InChI=1S/C18H22FNO4/c19-15-4-2-1-3-14(15)16-11-20(9-10-24-16)17(21)12-5-7-13(8-6-12)18(22)23/h1-4,12-13,16H,5-11H2,(H,22,23). The second-order valence-electron chi connectivity index (χ2n) is 6.55. The largest absolute Gasteiger partial charge is 0.481 e. The van der Waals surface area contributed by atoms with E-state index in [0.29, 0.717) is 50.9 Å². The predicted octanol–water partition coefficient (Wildman–Crippen LogP) is 2.62. The first kappa shape index (κ1) is 16.9. The molecule has 2 aliphatic rings. The first-order valence-corrected chi connectivity index (χ1v) is 8.44. The Morgan fingerprint density at radius 2 is 1.79 bits per heavy atom. The molecule has 1 aromatic rings. The highest BCUT2D eigenvalue weighted by atomic mass is 19.1. The zero-order valence-corrected chi connectivity index (χ0v) is 13.5. The second-order valence-corrected chi connectivity index (χ2v) is 6.55. The number of amides is 1. The van der Waals surface area contributed by atoms with E-state index in [1.165, 1.54) is 6.07 Å². The van der Waals surface area contributed by atoms with E-state index in [-0.39, 0.29) is 23.6 Å². The number of aliphatic carboxylic acids is 1. The van der Waals surface area contributed by atoms with Crippen LogP contribution in [0.2, 0.25) is 0 Å². The molecule has 1 N–H and O–H groups in total. The van der Waals surface area contributed by atoms with Crippen molar-refractivity contribution in [2.45, 2.75) is 31.8 Å². The molecule has 1 aliphatic carbocycles. The molecule has 3 rings (SSSR count). The third-order valence-corrected chi connectivity index (χ3v) is 5.06. The summed E-state index contributed by atoms with van der Waals surface area (Å²) in [5.41, 5.74) is 0.476. The first-order chi connectivity index (χ1) is 11.6. The Bertz CT molecular complexity index is 613. The van der Waals surface area contributed by atoms with Gasteiger partial charge in [0.25, 0.3) is 0 Å². The summed E-state index contributed by atoms with van der Waals surface area (Å²) in [6, 6.07) is 6.47. The summed E-state index contributed by atoms with van der Waals surface area (Å²) >= 11 is 0. The van der Waals surface area contributed by atoms with Crippen molar-refractivity contribution in [2.75, 3.05) is 19.7 Å². The lowest BCUT2D eigenvalue weighted by molar-refractivity contribution is -0.148. The minimum Gasteiger partial charge on any atom is -0.481 e. The van der Waals surface area contributed by atoms with Crippen molar-refractivity contribution in [3.05, 3.63) is 35.6 Å². The van der Waals surface area contributed by atoms with E-state index < -0.39 is 12.1 Å². The normalized spacial score (nSPS) is 27.7. The number of hydrogen-bond donors (Lipinski definition) is 1. The van der Waals surface area contributed by atoms with Crippen LogP contribution in [0.15, 0.2) is 24.3 Å². The fourth-order valence-electron chi connectivity index (χ4n) is 3.62. The van der Waals surface area contributed by atoms with Crippen molar-refractivity contribution >= 4 is 11.9 Å². The minimum atomic E-state index is -0.771. The molecule has 0 radical (unpaired) electrons. The molecule has 6 heteroatoms. The minimum absolute atomic E-state index is 0.0449. The number of carbonyl (C=O) groups excluding carboxylic acids is 1. The van der Waals surface area contributed by atoms with E-state index in [0.717, 1.165) is 0 Å². The number of nitrogens with zero attached hydrogens (tertiary/aromatic N) is 1. The summed E-state index contributed by atoms with van der Waals surface area (Å²) in [7, 11) is 0. The van der Waals surface area contributed by atoms with E-state index >= 15 is 0 Å². The van der Waals surface area contributed by atoms with E-state index in [1.807, 2.05) is 0 Å². The van der Waals surface area contributed by atoms with Crippen LogP contribution < -0.4 is 0 Å². The van der Waals surface area contributed by atoms with Gasteiger partial charge in [-0.25, -0.2) is 4.39 Å². The van der Waals surface area contributed by atoms with Gasteiger partial charge in [0.2, 0.25) is 5.91 Å². The monoisotopic (exact) mass is 335 g/mol. The Hall–Kier alpha value is -1.95. The maximum Gasteiger partial charge on any atom is 0.306 e. The summed E-state index contributed by atoms with van der Waals surface area (Å²) in [5, 5.41) is 9.05. The van der Waals surface area contributed by atoms with Gasteiger partial charge in [-0.1, -0.05) is 18.2 Å². The number of carboxylic acids is 1. The summed E-state index contributed by atoms with van der Waals surface area (Å²) in [6.45, 7) is 1.23. The molecule has 0 spiro atoms. The van der Waals surface area contributed by atoms with Gasteiger partial charge in [-0.15, -0.1) is 0 Å². The van der Waals surface area contributed by atoms with Gasteiger partial charge >= 0.3 is 5.97 Å². The number of benzene rings is 1. The summed E-state index contributed by atoms with van der Waals surface area (Å²) in [6.07, 6.45) is 1.87. The molecule has 1 saturated heterocycles. The maximum absolute atomic E-state index is 13.9. The maximum atomic E-state index is 13.9. The van der Waals surface area contributed by atoms with Gasteiger partial charge in [0.15, 0.2) is 0 Å². The first-order valence-electron chi connectivity index (χ1n) is 8.44. The Morgan fingerprint density at radius 1 is 1.12 bits per heavy atom. The number of carbonyl (C=O) groups is 2. The van der Waals surface area contributed by atoms with Crippen LogP contribution in [0.5, 0.6) is 0 Å². The van der Waals surface area contributed by atoms with Crippen molar-refractivity contribution < 1.29 is 23.8 Å². The quantitative estimate of drug-likeness (QED) is 0.922. The molecule has 1 unspecified atom stereocenters. The van der Waals surface area contributed by atoms with Crippen molar-refractivity contribution in [3.63, 3.8) is 0 Å². The molecule has 1 atom stereocenters. The van der Waals surface area contributed by atoms with E-state index in [9.17, 15) is 14.0 Å². The number of ether oxygens (including phenoxy) is 1. The number of carboxylic acid groups (broad SMARTS) is 1. The predicted molar refractivity (Wildman–Crippen MR) is 84.8 cm³/mol. The van der Waals surface area contributed by atoms with Crippen molar-refractivity contribution in [2.24, 2.45) is 11.8 Å². The van der Waals surface area contributed by atoms with Gasteiger partial charge in [0.05, 0.1) is 19.1 Å². The highest BCUT2D eigenvalue weighted by Crippen LogP contribution is 2.32. The lowest BCUT2D eigenvalue weighted by atomic mass is 9.81. The molecule has 5 nitrogen and oxygen atoms in total. The van der Waals surface area contributed by atoms with Gasteiger partial charge in [-0.3, -0.25) is 9.59 Å². The SMILES string of the molecule is O=C(O)C1CCC(C(=O)N2CCOC(c3ccccc3F)C2)CC1. The van der Waals surface area contributed by atoms with Crippen LogP contribution in [0.25, 0.3) is 0 Å². The van der Waals surface area contributed by atoms with Crippen LogP contribution in [-0.2, 0) is 14.3 Å². The Kier molecular flexibility index (Phi) is 5.14. The molecule has 0 bridgehead atoms. The highest BCUT2D eigenvalue weighted by molar-refractivity contribution is 5.79. The van der Waals surface area contributed by atoms with E-state index in [1.54, 1.807) is 23.1 Å². The lowest BCUT2D eigenvalue weighted by Crippen LogP contribution is -2.46. The molecule has 0 aromatic heterocycles. The highest BCUT2D eigenvalue weighted by Gasteiger charge is 2.34. The van der Waals surface area contributed by atoms with Gasteiger partial charge < -0.3 is 14.7 Å². The van der Waals surface area contributed by atoms with Gasteiger partial charge in [-0.2, -0.15) is 0 Å². The van der Waals surface area contributed by atoms with Gasteiger partial charge in [0.1, 0.15) is 11.9 Å². The molecule has 1 heterocycles. The number of morpholine rings is 1. The second kappa shape index (κ2) is 7.30. The number of halogens is 1. The van der Waals surface area contributed by atoms with Gasteiger partial charge in [0, 0.05) is 18.0 Å². The Labute approximate surface area is 140 Å². The topological polar surface area (TPSA) is 66.8 Å². The lowest BCUT2D eigenvalue weighted by Gasteiger charge is -2.36. The van der Waals surface area contributed by atoms with Crippen LogP contribution in [0.4, 0.5) is 4.39 Å². The van der Waals surface area contributed by atoms with Crippen LogP contribution >= 0.6 is 0 Å². The van der Waals surface area contributed by atoms with Crippen molar-refractivity contribution in [1.29, 1.82) is 0 Å². The van der Waals surface area contributed by atoms with Gasteiger partial charge in [-0.05, 0) is 31.7 Å². The molecule has 130 valence electrons. The number of rotatable bonds is 3. The average Bonchev–Trinajstić information content (AvgIpc) is 2.61. The molecule has 1 amide bonds. The zero-order chi connectivity index (χ0) is 17.1. The number of hydrogen-bond acceptors (Lipinski definition) is 3. The Balaban J connectivity index is 1.62. The molecule has 1 aromatic carbocycles. The van der Waals surface area contributed by atoms with Crippen LogP contribution in [0.3, 0.4) is 0 Å². The molecule has 2 fully saturated rings. The third kappa shape index (κ3) is 3.59. The van der Waals surface area contributed by atoms with Crippen LogP contribution in [0, 0.1) is 17.7 Å². The molecule has 1 aliphatic heterocycles. The zero-order valence-electron chi connectivity index (χ0n) is 13.5. The summed E-state index contributed by atoms with van der Waals surface area (Å²) < 4.78 is 19.6. The van der Waals surface area contributed by atoms with Crippen LogP contribution in [0.1, 0.15) is 37.4 Å². The Morgan fingerprint density at radius 3 is 2.46 bits per heavy atom. The fraction of sp³-hybridized carbons (Fsp3) is 0.556. The molecular formula is C18H22FNO4. The average molecular weight is 335 g/mol. The smallest absolute Gasteiger partial charge is 0.306 e. The third-order valence-electron chi connectivity index (χ3n) is 5.06. The van der Waals surface area contributed by atoms with E-state index in [2.05, 4.69) is 0 Å². The fourth-order valence-corrected chi connectivity index (χ4v) is 3.62. The van der Waals surface area contributed by atoms with Crippen molar-refractivity contribution in [1.82, 2.24) is 4.90 Å². The van der Waals surface area contributed by atoms with Crippen LogP contribution in [-0.4, -0.2) is 41.6 Å². The van der Waals surface area contributed by atoms with E-state index in [4.69, 9.17) is 9.84 Å².